The Kier molecular flexibility index (Phi) is 10.6. The second-order valence-electron chi connectivity index (χ2n) is 8.31. The molecule has 0 aliphatic heterocycles. The molecule has 2 rings (SSSR count). The van der Waals surface area contributed by atoms with Crippen molar-refractivity contribution < 1.29 is 42.2 Å². The van der Waals surface area contributed by atoms with Crippen LogP contribution >= 0.6 is 0 Å². The van der Waals surface area contributed by atoms with Crippen LogP contribution in [0.1, 0.15) is 48.4 Å². The van der Waals surface area contributed by atoms with Gasteiger partial charge < -0.3 is 24.8 Å². The van der Waals surface area contributed by atoms with Gasteiger partial charge in [-0.15, -0.1) is 0 Å². The molecule has 3 amide bonds. The van der Waals surface area contributed by atoms with Gasteiger partial charge in [-0.1, -0.05) is 13.8 Å². The fourth-order valence-corrected chi connectivity index (χ4v) is 3.95. The van der Waals surface area contributed by atoms with Crippen molar-refractivity contribution in [3.8, 4) is 11.6 Å². The van der Waals surface area contributed by atoms with Crippen molar-refractivity contribution in [3.05, 3.63) is 47.7 Å². The largest absolute Gasteiger partial charge is 0.488 e. The summed E-state index contributed by atoms with van der Waals surface area (Å²) in [6.07, 6.45) is -0.143. The predicted molar refractivity (Wildman–Crippen MR) is 135 cm³/mol. The van der Waals surface area contributed by atoms with Crippen molar-refractivity contribution in [2.45, 2.75) is 32.6 Å². The van der Waals surface area contributed by atoms with Crippen LogP contribution in [0.5, 0.6) is 11.6 Å². The van der Waals surface area contributed by atoms with Crippen molar-refractivity contribution in [2.24, 2.45) is 5.92 Å². The van der Waals surface area contributed by atoms with Gasteiger partial charge in [0.1, 0.15) is 6.54 Å². The summed E-state index contributed by atoms with van der Waals surface area (Å²) >= 11 is 0. The lowest BCUT2D eigenvalue weighted by molar-refractivity contribution is -0.135. The van der Waals surface area contributed by atoms with Crippen LogP contribution in [0.3, 0.4) is 0 Å². The number of carbonyl (C=O) groups excluding carboxylic acids is 3. The zero-order valence-corrected chi connectivity index (χ0v) is 22.2. The van der Waals surface area contributed by atoms with Gasteiger partial charge in [-0.2, -0.15) is 0 Å². The molecule has 0 unspecified atom stereocenters. The minimum Gasteiger partial charge on any atom is -0.488 e. The number of amides is 3. The number of ether oxygens (including phenoxy) is 2. The molecule has 0 radical (unpaired) electrons. The Morgan fingerprint density at radius 1 is 1.05 bits per heavy atom. The van der Waals surface area contributed by atoms with Crippen LogP contribution < -0.4 is 19.5 Å². The van der Waals surface area contributed by atoms with E-state index in [1.807, 2.05) is 37.7 Å². The van der Waals surface area contributed by atoms with Gasteiger partial charge >= 0.3 is 12.1 Å². The third-order valence-electron chi connectivity index (χ3n) is 4.92. The number of hydrogen-bond acceptors (Lipinski definition) is 9. The van der Waals surface area contributed by atoms with Gasteiger partial charge in [0.2, 0.25) is 0 Å². The number of benzene rings is 1. The number of carboxylic acids is 1. The second-order valence-corrected chi connectivity index (χ2v) is 9.99. The molecule has 1 aromatic carbocycles. The van der Waals surface area contributed by atoms with E-state index < -0.39 is 34.5 Å². The van der Waals surface area contributed by atoms with E-state index in [0.29, 0.717) is 18.7 Å². The van der Waals surface area contributed by atoms with E-state index in [0.717, 1.165) is 12.3 Å². The topological polar surface area (TPSA) is 181 Å². The summed E-state index contributed by atoms with van der Waals surface area (Å²) < 4.78 is 38.0. The average Bonchev–Trinajstić information content (AvgIpc) is 2.87. The fraction of sp³-hybridized carbons (Fsp3) is 0.375. The molecule has 1 aromatic heterocycles. The smallest absolute Gasteiger partial charge is 0.414 e. The van der Waals surface area contributed by atoms with Gasteiger partial charge in [0, 0.05) is 30.9 Å². The van der Waals surface area contributed by atoms with Crippen molar-refractivity contribution in [1.29, 1.82) is 0 Å². The molecule has 0 saturated carbocycles. The number of nitrogens with zero attached hydrogens (tertiary/aromatic N) is 2. The maximum atomic E-state index is 12.8. The highest BCUT2D eigenvalue weighted by molar-refractivity contribution is 7.90. The van der Waals surface area contributed by atoms with E-state index in [2.05, 4.69) is 4.98 Å². The number of hydrogen-bond donors (Lipinski definition) is 3. The fourth-order valence-electron chi connectivity index (χ4n) is 2.97. The van der Waals surface area contributed by atoms with E-state index in [-0.39, 0.29) is 40.5 Å². The molecule has 0 atom stereocenters. The summed E-state index contributed by atoms with van der Waals surface area (Å²) in [4.78, 5) is 52.8. The molecule has 2 aromatic rings. The van der Waals surface area contributed by atoms with Gasteiger partial charge in [-0.25, -0.2) is 22.9 Å². The van der Waals surface area contributed by atoms with Gasteiger partial charge in [0.15, 0.2) is 5.75 Å². The first-order valence-electron chi connectivity index (χ1n) is 11.6. The van der Waals surface area contributed by atoms with Gasteiger partial charge in [0.25, 0.3) is 27.7 Å². The van der Waals surface area contributed by atoms with Crippen LogP contribution in [0.2, 0.25) is 0 Å². The summed E-state index contributed by atoms with van der Waals surface area (Å²) in [5.41, 5.74) is 0.0945. The molecule has 13 nitrogen and oxygen atoms in total. The van der Waals surface area contributed by atoms with Crippen molar-refractivity contribution in [3.63, 3.8) is 0 Å². The number of aliphatic carboxylic acids is 1. The highest BCUT2D eigenvalue weighted by Gasteiger charge is 2.23. The lowest BCUT2D eigenvalue weighted by atomic mass is 10.2. The first-order valence-corrected chi connectivity index (χ1v) is 13.1. The molecule has 38 heavy (non-hydrogen) atoms. The number of pyridine rings is 1. The van der Waals surface area contributed by atoms with E-state index in [9.17, 15) is 27.6 Å². The zero-order valence-electron chi connectivity index (χ0n) is 21.4. The number of nitrogens with one attached hydrogen (secondary N) is 2. The van der Waals surface area contributed by atoms with Gasteiger partial charge in [0.05, 0.1) is 17.1 Å². The minimum absolute atomic E-state index is 0.0399. The van der Waals surface area contributed by atoms with E-state index in [1.165, 1.54) is 24.3 Å². The highest BCUT2D eigenvalue weighted by Crippen LogP contribution is 2.26. The quantitative estimate of drug-likeness (QED) is 0.353. The molecule has 0 spiro atoms. The van der Waals surface area contributed by atoms with Gasteiger partial charge in [-0.3, -0.25) is 14.4 Å². The molecule has 0 aliphatic carbocycles. The van der Waals surface area contributed by atoms with Crippen LogP contribution in [-0.2, 0) is 14.8 Å². The molecule has 14 heteroatoms. The van der Waals surface area contributed by atoms with Crippen molar-refractivity contribution >= 4 is 33.9 Å². The van der Waals surface area contributed by atoms with Crippen LogP contribution in [0.15, 0.2) is 41.4 Å². The molecule has 0 aliphatic rings. The average molecular weight is 551 g/mol. The van der Waals surface area contributed by atoms with Gasteiger partial charge in [-0.05, 0) is 44.0 Å². The Morgan fingerprint density at radius 3 is 2.24 bits per heavy atom. The SMILES string of the molecule is CCN(CC)C(=O)c1ccc(S(=O)(=O)NC(=O)c2cnc(OC(=O)NCC(=O)O)c(OCC(C)C)c2)cc1. The van der Waals surface area contributed by atoms with Crippen molar-refractivity contribution in [2.75, 3.05) is 26.2 Å². The Morgan fingerprint density at radius 2 is 1.68 bits per heavy atom. The highest BCUT2D eigenvalue weighted by atomic mass is 32.2. The Hall–Kier alpha value is -4.20. The van der Waals surface area contributed by atoms with Crippen LogP contribution in [0.4, 0.5) is 4.79 Å². The lowest BCUT2D eigenvalue weighted by Gasteiger charge is -2.18. The molecule has 0 bridgehead atoms. The molecule has 3 N–H and O–H groups in total. The normalized spacial score (nSPS) is 11.0. The van der Waals surface area contributed by atoms with Crippen LogP contribution in [0.25, 0.3) is 0 Å². The Bertz CT molecular complexity index is 1270. The third kappa shape index (κ3) is 8.44. The Labute approximate surface area is 220 Å². The zero-order chi connectivity index (χ0) is 28.5. The second kappa shape index (κ2) is 13.4. The standard InChI is InChI=1S/C24H30N4O9S/c1-5-28(6-2)23(32)16-7-9-18(10-8-16)38(34,35)27-21(31)17-11-19(36-14-15(3)4)22(25-12-17)37-24(33)26-13-20(29)30/h7-12,15H,5-6,13-14H2,1-4H3,(H,26,33)(H,27,31)(H,29,30). The third-order valence-corrected chi connectivity index (χ3v) is 6.26. The minimum atomic E-state index is -4.31. The summed E-state index contributed by atoms with van der Waals surface area (Å²) in [7, 11) is -4.31. The lowest BCUT2D eigenvalue weighted by Crippen LogP contribution is -2.32. The molecule has 0 saturated heterocycles. The van der Waals surface area contributed by atoms with Crippen molar-refractivity contribution in [1.82, 2.24) is 19.9 Å². The molecule has 0 fully saturated rings. The number of rotatable bonds is 12. The number of sulfonamides is 1. The summed E-state index contributed by atoms with van der Waals surface area (Å²) in [6, 6.07) is 6.30. The predicted octanol–water partition coefficient (Wildman–Crippen LogP) is 1.89. The Balaban J connectivity index is 2.23. The van der Waals surface area contributed by atoms with E-state index >= 15 is 0 Å². The summed E-state index contributed by atoms with van der Waals surface area (Å²) in [5.74, 6) is -3.00. The van der Waals surface area contributed by atoms with Crippen LogP contribution in [-0.4, -0.2) is 73.5 Å². The molecule has 1 heterocycles. The number of carbonyl (C=O) groups is 4. The molecular weight excluding hydrogens is 520 g/mol. The maximum absolute atomic E-state index is 12.8. The first kappa shape index (κ1) is 30.0. The first-order chi connectivity index (χ1) is 17.9. The van der Waals surface area contributed by atoms with E-state index in [4.69, 9.17) is 14.6 Å². The summed E-state index contributed by atoms with van der Waals surface area (Å²) in [6.45, 7) is 7.81. The van der Waals surface area contributed by atoms with E-state index in [1.54, 1.807) is 4.90 Å². The monoisotopic (exact) mass is 550 g/mol. The molecular formula is C24H30N4O9S. The van der Waals surface area contributed by atoms with Crippen LogP contribution in [0, 0.1) is 5.92 Å². The number of carboxylic acid groups (broad SMARTS) is 1. The summed E-state index contributed by atoms with van der Waals surface area (Å²) in [5, 5.41) is 10.7. The maximum Gasteiger partial charge on any atom is 0.414 e. The number of aromatic nitrogens is 1. The molecule has 206 valence electrons.